The third-order valence-corrected chi connectivity index (χ3v) is 2.58. The number of hydrogen-bond acceptors (Lipinski definition) is 2. The molecule has 0 aromatic rings. The van der Waals surface area contributed by atoms with Gasteiger partial charge in [0, 0.05) is 19.8 Å². The molecule has 1 N–H and O–H groups in total. The summed E-state index contributed by atoms with van der Waals surface area (Å²) >= 11 is 0. The zero-order valence-electron chi connectivity index (χ0n) is 11.2. The molecule has 0 aliphatic heterocycles. The summed E-state index contributed by atoms with van der Waals surface area (Å²) in [6, 6.07) is 0.599. The lowest BCUT2D eigenvalue weighted by Crippen LogP contribution is -2.29. The molecule has 0 aromatic heterocycles. The molecule has 0 aliphatic rings. The summed E-state index contributed by atoms with van der Waals surface area (Å²) in [5.74, 6) is 1.61. The van der Waals surface area contributed by atoms with E-state index in [2.05, 4.69) is 33.0 Å². The molecule has 0 fully saturated rings. The first-order chi connectivity index (χ1) is 7.06. The maximum Gasteiger partial charge on any atom is 0.0462 e. The average Bonchev–Trinajstić information content (AvgIpc) is 2.13. The van der Waals surface area contributed by atoms with Crippen LogP contribution in [0.1, 0.15) is 47.0 Å². The fourth-order valence-corrected chi connectivity index (χ4v) is 1.89. The van der Waals surface area contributed by atoms with Crippen molar-refractivity contribution in [1.29, 1.82) is 0 Å². The van der Waals surface area contributed by atoms with E-state index >= 15 is 0 Å². The number of nitrogens with one attached hydrogen (secondary N) is 1. The van der Waals surface area contributed by atoms with Gasteiger partial charge in [0.15, 0.2) is 0 Å². The highest BCUT2D eigenvalue weighted by Crippen LogP contribution is 2.16. The molecule has 2 heteroatoms. The smallest absolute Gasteiger partial charge is 0.0462 e. The Hall–Kier alpha value is -0.0800. The molecular weight excluding hydrogens is 186 g/mol. The number of ether oxygens (including phenoxy) is 1. The summed E-state index contributed by atoms with van der Waals surface area (Å²) in [4.78, 5) is 0. The topological polar surface area (TPSA) is 21.3 Å². The van der Waals surface area contributed by atoms with Gasteiger partial charge >= 0.3 is 0 Å². The van der Waals surface area contributed by atoms with Crippen LogP contribution in [0, 0.1) is 11.8 Å². The van der Waals surface area contributed by atoms with Gasteiger partial charge in [-0.3, -0.25) is 0 Å². The van der Waals surface area contributed by atoms with E-state index in [0.29, 0.717) is 6.04 Å². The number of methoxy groups -OCH3 is 1. The molecule has 15 heavy (non-hydrogen) atoms. The van der Waals surface area contributed by atoms with Gasteiger partial charge in [0.25, 0.3) is 0 Å². The van der Waals surface area contributed by atoms with Crippen molar-refractivity contribution in [3.05, 3.63) is 0 Å². The molecule has 0 rings (SSSR count). The zero-order chi connectivity index (χ0) is 11.7. The summed E-state index contributed by atoms with van der Waals surface area (Å²) in [7, 11) is 1.78. The predicted octanol–water partition coefficient (Wildman–Crippen LogP) is 3.07. The highest BCUT2D eigenvalue weighted by atomic mass is 16.5. The fraction of sp³-hybridized carbons (Fsp3) is 1.00. The van der Waals surface area contributed by atoms with Crippen LogP contribution in [0.2, 0.25) is 0 Å². The first-order valence-corrected chi connectivity index (χ1v) is 6.28. The van der Waals surface area contributed by atoms with Gasteiger partial charge in [-0.2, -0.15) is 0 Å². The lowest BCUT2D eigenvalue weighted by Gasteiger charge is -2.20. The van der Waals surface area contributed by atoms with Crippen molar-refractivity contribution in [2.75, 3.05) is 20.3 Å². The Kier molecular flexibility index (Phi) is 9.12. The van der Waals surface area contributed by atoms with Crippen molar-refractivity contribution in [3.63, 3.8) is 0 Å². The van der Waals surface area contributed by atoms with Gasteiger partial charge in [-0.15, -0.1) is 0 Å². The van der Waals surface area contributed by atoms with Crippen LogP contribution in [-0.2, 0) is 4.74 Å². The van der Waals surface area contributed by atoms with Crippen molar-refractivity contribution >= 4 is 0 Å². The van der Waals surface area contributed by atoms with Gasteiger partial charge in [-0.05, 0) is 37.6 Å². The van der Waals surface area contributed by atoms with E-state index in [4.69, 9.17) is 4.74 Å². The van der Waals surface area contributed by atoms with Crippen LogP contribution in [0.3, 0.4) is 0 Å². The van der Waals surface area contributed by atoms with Crippen LogP contribution >= 0.6 is 0 Å². The minimum absolute atomic E-state index is 0.599. The highest BCUT2D eigenvalue weighted by molar-refractivity contribution is 4.66. The van der Waals surface area contributed by atoms with Crippen LogP contribution < -0.4 is 5.32 Å². The Morgan fingerprint density at radius 2 is 1.80 bits per heavy atom. The lowest BCUT2D eigenvalue weighted by molar-refractivity contribution is 0.183. The third-order valence-electron chi connectivity index (χ3n) is 2.58. The lowest BCUT2D eigenvalue weighted by atomic mass is 9.93. The quantitative estimate of drug-likeness (QED) is 0.597. The van der Waals surface area contributed by atoms with Crippen LogP contribution in [0.5, 0.6) is 0 Å². The second-order valence-electron chi connectivity index (χ2n) is 5.19. The second-order valence-corrected chi connectivity index (χ2v) is 5.19. The van der Waals surface area contributed by atoms with Gasteiger partial charge in [-0.1, -0.05) is 27.7 Å². The summed E-state index contributed by atoms with van der Waals surface area (Å²) in [5.41, 5.74) is 0. The van der Waals surface area contributed by atoms with Gasteiger partial charge < -0.3 is 10.1 Å². The van der Waals surface area contributed by atoms with Crippen LogP contribution in [0.15, 0.2) is 0 Å². The van der Waals surface area contributed by atoms with E-state index < -0.39 is 0 Å². The summed E-state index contributed by atoms with van der Waals surface area (Å²) in [5, 5.41) is 3.54. The standard InChI is InChI=1S/C13H29NO/c1-11(2)9-13(7-6-8-15-5)10-14-12(3)4/h11-14H,6-10H2,1-5H3. The Morgan fingerprint density at radius 1 is 1.13 bits per heavy atom. The molecule has 0 saturated carbocycles. The van der Waals surface area contributed by atoms with E-state index in [-0.39, 0.29) is 0 Å². The van der Waals surface area contributed by atoms with Crippen LogP contribution in [0.25, 0.3) is 0 Å². The van der Waals surface area contributed by atoms with Gasteiger partial charge in [0.05, 0.1) is 0 Å². The van der Waals surface area contributed by atoms with Crippen molar-refractivity contribution in [2.45, 2.75) is 53.0 Å². The van der Waals surface area contributed by atoms with E-state index in [1.165, 1.54) is 19.3 Å². The molecule has 0 bridgehead atoms. The van der Waals surface area contributed by atoms with E-state index in [1.54, 1.807) is 7.11 Å². The summed E-state index contributed by atoms with van der Waals surface area (Å²) in [6.07, 6.45) is 3.79. The summed E-state index contributed by atoms with van der Waals surface area (Å²) < 4.78 is 5.10. The van der Waals surface area contributed by atoms with Crippen molar-refractivity contribution in [1.82, 2.24) is 5.32 Å². The normalized spacial score (nSPS) is 13.8. The first-order valence-electron chi connectivity index (χ1n) is 6.28. The molecule has 0 aromatic carbocycles. The van der Waals surface area contributed by atoms with Gasteiger partial charge in [0.1, 0.15) is 0 Å². The Morgan fingerprint density at radius 3 is 2.27 bits per heavy atom. The SMILES string of the molecule is COCCCC(CNC(C)C)CC(C)C. The molecule has 1 atom stereocenters. The highest BCUT2D eigenvalue weighted by Gasteiger charge is 2.10. The predicted molar refractivity (Wildman–Crippen MR) is 67.2 cm³/mol. The molecule has 0 heterocycles. The Balaban J connectivity index is 3.73. The minimum atomic E-state index is 0.599. The molecular formula is C13H29NO. The maximum atomic E-state index is 5.10. The van der Waals surface area contributed by atoms with Gasteiger partial charge in [-0.25, -0.2) is 0 Å². The Labute approximate surface area is 95.8 Å². The molecule has 0 amide bonds. The van der Waals surface area contributed by atoms with E-state index in [0.717, 1.165) is 25.0 Å². The number of rotatable bonds is 9. The zero-order valence-corrected chi connectivity index (χ0v) is 11.2. The fourth-order valence-electron chi connectivity index (χ4n) is 1.89. The second kappa shape index (κ2) is 9.17. The van der Waals surface area contributed by atoms with E-state index in [1.807, 2.05) is 0 Å². The molecule has 0 aliphatic carbocycles. The molecule has 0 spiro atoms. The van der Waals surface area contributed by atoms with Crippen LogP contribution in [0.4, 0.5) is 0 Å². The molecule has 0 radical (unpaired) electrons. The van der Waals surface area contributed by atoms with Crippen molar-refractivity contribution < 1.29 is 4.74 Å². The van der Waals surface area contributed by atoms with Crippen molar-refractivity contribution in [2.24, 2.45) is 11.8 Å². The maximum absolute atomic E-state index is 5.10. The monoisotopic (exact) mass is 215 g/mol. The third kappa shape index (κ3) is 10.2. The molecule has 92 valence electrons. The van der Waals surface area contributed by atoms with E-state index in [9.17, 15) is 0 Å². The van der Waals surface area contributed by atoms with Crippen molar-refractivity contribution in [3.8, 4) is 0 Å². The largest absolute Gasteiger partial charge is 0.385 e. The Bertz CT molecular complexity index is 134. The molecule has 1 unspecified atom stereocenters. The first kappa shape index (κ1) is 14.9. The molecule has 2 nitrogen and oxygen atoms in total. The molecule has 0 saturated heterocycles. The summed E-state index contributed by atoms with van der Waals surface area (Å²) in [6.45, 7) is 11.1. The minimum Gasteiger partial charge on any atom is -0.385 e. The van der Waals surface area contributed by atoms with Crippen LogP contribution in [-0.4, -0.2) is 26.3 Å². The number of hydrogen-bond donors (Lipinski definition) is 1. The van der Waals surface area contributed by atoms with Gasteiger partial charge in [0.2, 0.25) is 0 Å². The average molecular weight is 215 g/mol.